The SMILES string of the molecule is CCOc1ccc(OCC)c(NC(=O)COC(=O)/C=C/c2cccs2)c1. The van der Waals surface area contributed by atoms with Crippen molar-refractivity contribution in [3.05, 3.63) is 46.7 Å². The van der Waals surface area contributed by atoms with Crippen LogP contribution in [0, 0.1) is 0 Å². The van der Waals surface area contributed by atoms with Crippen LogP contribution in [0.3, 0.4) is 0 Å². The first kappa shape index (κ1) is 19.5. The zero-order valence-electron chi connectivity index (χ0n) is 14.7. The van der Waals surface area contributed by atoms with Gasteiger partial charge < -0.3 is 19.5 Å². The number of anilines is 1. The fourth-order valence-corrected chi connectivity index (χ4v) is 2.67. The molecule has 2 rings (SSSR count). The largest absolute Gasteiger partial charge is 0.494 e. The molecular formula is C19H21NO5S. The maximum Gasteiger partial charge on any atom is 0.331 e. The Morgan fingerprint density at radius 2 is 1.96 bits per heavy atom. The number of amides is 1. The smallest absolute Gasteiger partial charge is 0.331 e. The van der Waals surface area contributed by atoms with Crippen LogP contribution in [0.1, 0.15) is 18.7 Å². The van der Waals surface area contributed by atoms with Crippen molar-refractivity contribution < 1.29 is 23.8 Å². The Hall–Kier alpha value is -2.80. The van der Waals surface area contributed by atoms with Crippen LogP contribution in [-0.2, 0) is 14.3 Å². The predicted molar refractivity (Wildman–Crippen MR) is 102 cm³/mol. The Morgan fingerprint density at radius 3 is 2.65 bits per heavy atom. The molecule has 0 saturated heterocycles. The number of carbonyl (C=O) groups excluding carboxylic acids is 2. The molecule has 1 aromatic heterocycles. The lowest BCUT2D eigenvalue weighted by molar-refractivity contribution is -0.142. The van der Waals surface area contributed by atoms with E-state index in [9.17, 15) is 9.59 Å². The molecule has 2 aromatic rings. The summed E-state index contributed by atoms with van der Waals surface area (Å²) in [4.78, 5) is 24.7. The van der Waals surface area contributed by atoms with Gasteiger partial charge in [-0.05, 0) is 43.5 Å². The summed E-state index contributed by atoms with van der Waals surface area (Å²) in [6, 6.07) is 8.92. The standard InChI is InChI=1S/C19H21NO5S/c1-3-23-14-7-9-17(24-4-2)16(12-14)20-18(21)13-25-19(22)10-8-15-6-5-11-26-15/h5-12H,3-4,13H2,1-2H3,(H,20,21)/b10-8+. The second kappa shape index (κ2) is 10.2. The van der Waals surface area contributed by atoms with E-state index in [1.807, 2.05) is 31.4 Å². The lowest BCUT2D eigenvalue weighted by Gasteiger charge is -2.13. The molecule has 7 heteroatoms. The van der Waals surface area contributed by atoms with Crippen molar-refractivity contribution in [3.63, 3.8) is 0 Å². The third-order valence-corrected chi connectivity index (χ3v) is 3.95. The minimum atomic E-state index is -0.582. The van der Waals surface area contributed by atoms with Crippen molar-refractivity contribution in [2.75, 3.05) is 25.1 Å². The molecule has 1 aromatic carbocycles. The summed E-state index contributed by atoms with van der Waals surface area (Å²) in [7, 11) is 0. The molecule has 0 aliphatic rings. The van der Waals surface area contributed by atoms with Gasteiger partial charge in [0, 0.05) is 17.0 Å². The average Bonchev–Trinajstić information content (AvgIpc) is 3.14. The molecule has 1 amide bonds. The van der Waals surface area contributed by atoms with Gasteiger partial charge in [0.2, 0.25) is 0 Å². The normalized spacial score (nSPS) is 10.5. The lowest BCUT2D eigenvalue weighted by atomic mass is 10.2. The highest BCUT2D eigenvalue weighted by molar-refractivity contribution is 7.10. The molecule has 0 saturated carbocycles. The Morgan fingerprint density at radius 1 is 1.15 bits per heavy atom. The molecular weight excluding hydrogens is 354 g/mol. The Kier molecular flexibility index (Phi) is 7.70. The molecule has 0 spiro atoms. The third-order valence-electron chi connectivity index (χ3n) is 3.11. The minimum Gasteiger partial charge on any atom is -0.494 e. The van der Waals surface area contributed by atoms with Crippen LogP contribution < -0.4 is 14.8 Å². The first-order valence-corrected chi connectivity index (χ1v) is 9.08. The molecule has 0 bridgehead atoms. The second-order valence-corrected chi connectivity index (χ2v) is 6.01. The van der Waals surface area contributed by atoms with Gasteiger partial charge in [-0.25, -0.2) is 4.79 Å². The number of ether oxygens (including phenoxy) is 3. The summed E-state index contributed by atoms with van der Waals surface area (Å²) in [6.07, 6.45) is 2.93. The van der Waals surface area contributed by atoms with Gasteiger partial charge in [0.1, 0.15) is 11.5 Å². The summed E-state index contributed by atoms with van der Waals surface area (Å²) in [5.74, 6) is 0.0921. The molecule has 0 aliphatic heterocycles. The second-order valence-electron chi connectivity index (χ2n) is 5.03. The fraction of sp³-hybridized carbons (Fsp3) is 0.263. The van der Waals surface area contributed by atoms with Crippen molar-refractivity contribution >= 4 is 35.0 Å². The van der Waals surface area contributed by atoms with Crippen molar-refractivity contribution in [3.8, 4) is 11.5 Å². The lowest BCUT2D eigenvalue weighted by Crippen LogP contribution is -2.20. The van der Waals surface area contributed by atoms with Crippen molar-refractivity contribution in [1.29, 1.82) is 0 Å². The van der Waals surface area contributed by atoms with Gasteiger partial charge in [0.05, 0.1) is 18.9 Å². The average molecular weight is 375 g/mol. The molecule has 0 aliphatic carbocycles. The van der Waals surface area contributed by atoms with Gasteiger partial charge >= 0.3 is 5.97 Å². The minimum absolute atomic E-state index is 0.391. The van der Waals surface area contributed by atoms with Crippen LogP contribution in [0.5, 0.6) is 11.5 Å². The Labute approximate surface area is 156 Å². The molecule has 0 atom stereocenters. The van der Waals surface area contributed by atoms with Crippen LogP contribution in [0.2, 0.25) is 0 Å². The van der Waals surface area contributed by atoms with Crippen LogP contribution in [0.15, 0.2) is 41.8 Å². The molecule has 26 heavy (non-hydrogen) atoms. The Balaban J connectivity index is 1.91. The van der Waals surface area contributed by atoms with Crippen molar-refractivity contribution in [2.24, 2.45) is 0 Å². The summed E-state index contributed by atoms with van der Waals surface area (Å²) in [6.45, 7) is 4.30. The number of hydrogen-bond donors (Lipinski definition) is 1. The highest BCUT2D eigenvalue weighted by atomic mass is 32.1. The number of esters is 1. The van der Waals surface area contributed by atoms with Gasteiger partial charge in [0.15, 0.2) is 6.61 Å². The van der Waals surface area contributed by atoms with Crippen LogP contribution in [0.25, 0.3) is 6.08 Å². The molecule has 138 valence electrons. The van der Waals surface area contributed by atoms with Crippen LogP contribution >= 0.6 is 11.3 Å². The zero-order valence-corrected chi connectivity index (χ0v) is 15.5. The van der Waals surface area contributed by atoms with E-state index in [-0.39, 0.29) is 0 Å². The van der Waals surface area contributed by atoms with E-state index < -0.39 is 18.5 Å². The van der Waals surface area contributed by atoms with E-state index in [1.165, 1.54) is 17.4 Å². The predicted octanol–water partition coefficient (Wildman–Crippen LogP) is 3.74. The fourth-order valence-electron chi connectivity index (χ4n) is 2.05. The molecule has 0 fully saturated rings. The molecule has 0 radical (unpaired) electrons. The highest BCUT2D eigenvalue weighted by Gasteiger charge is 2.11. The zero-order chi connectivity index (χ0) is 18.8. The number of carbonyl (C=O) groups is 2. The van der Waals surface area contributed by atoms with Gasteiger partial charge in [-0.3, -0.25) is 4.79 Å². The maximum absolute atomic E-state index is 12.1. The third kappa shape index (κ3) is 6.25. The van der Waals surface area contributed by atoms with E-state index in [0.29, 0.717) is 30.4 Å². The molecule has 0 unspecified atom stereocenters. The van der Waals surface area contributed by atoms with E-state index in [4.69, 9.17) is 14.2 Å². The quantitative estimate of drug-likeness (QED) is 0.534. The first-order chi connectivity index (χ1) is 12.6. The van der Waals surface area contributed by atoms with Gasteiger partial charge in [0.25, 0.3) is 5.91 Å². The summed E-state index contributed by atoms with van der Waals surface area (Å²) in [5.41, 5.74) is 0.466. The van der Waals surface area contributed by atoms with Crippen LogP contribution in [-0.4, -0.2) is 31.7 Å². The number of thiophene rings is 1. The van der Waals surface area contributed by atoms with Gasteiger partial charge in [-0.15, -0.1) is 11.3 Å². The van der Waals surface area contributed by atoms with E-state index in [0.717, 1.165) is 4.88 Å². The Bertz CT molecular complexity index is 755. The summed E-state index contributed by atoms with van der Waals surface area (Å²) >= 11 is 1.50. The summed E-state index contributed by atoms with van der Waals surface area (Å²) < 4.78 is 15.9. The number of rotatable bonds is 9. The van der Waals surface area contributed by atoms with Gasteiger partial charge in [-0.2, -0.15) is 0 Å². The van der Waals surface area contributed by atoms with Crippen molar-refractivity contribution in [1.82, 2.24) is 0 Å². The van der Waals surface area contributed by atoms with Crippen LogP contribution in [0.4, 0.5) is 5.69 Å². The van der Waals surface area contributed by atoms with Crippen molar-refractivity contribution in [2.45, 2.75) is 13.8 Å². The molecule has 6 nitrogen and oxygen atoms in total. The molecule has 1 heterocycles. The first-order valence-electron chi connectivity index (χ1n) is 8.20. The van der Waals surface area contributed by atoms with E-state index >= 15 is 0 Å². The highest BCUT2D eigenvalue weighted by Crippen LogP contribution is 2.29. The summed E-state index contributed by atoms with van der Waals surface area (Å²) in [5, 5.41) is 4.58. The number of nitrogens with one attached hydrogen (secondary N) is 1. The molecule has 1 N–H and O–H groups in total. The van der Waals surface area contributed by atoms with E-state index in [1.54, 1.807) is 24.3 Å². The van der Waals surface area contributed by atoms with Gasteiger partial charge in [-0.1, -0.05) is 6.07 Å². The number of hydrogen-bond acceptors (Lipinski definition) is 6. The van der Waals surface area contributed by atoms with E-state index in [2.05, 4.69) is 5.32 Å². The maximum atomic E-state index is 12.1. The topological polar surface area (TPSA) is 73.9 Å². The monoisotopic (exact) mass is 375 g/mol. The number of benzene rings is 1.